The first-order valence-corrected chi connectivity index (χ1v) is 8.98. The minimum absolute atomic E-state index is 0.0598. The van der Waals surface area contributed by atoms with Crippen LogP contribution in [0.25, 0.3) is 11.5 Å². The molecule has 0 saturated heterocycles. The minimum atomic E-state index is -0.301. The molecule has 0 spiro atoms. The highest BCUT2D eigenvalue weighted by Gasteiger charge is 2.17. The van der Waals surface area contributed by atoms with Crippen molar-refractivity contribution in [2.45, 2.75) is 26.3 Å². The Morgan fingerprint density at radius 2 is 1.79 bits per heavy atom. The van der Waals surface area contributed by atoms with Gasteiger partial charge in [0, 0.05) is 12.1 Å². The first kappa shape index (κ1) is 19.4. The van der Waals surface area contributed by atoms with Gasteiger partial charge in [0.2, 0.25) is 11.8 Å². The number of aromatic nitrogens is 1. The Labute approximate surface area is 163 Å². The third-order valence-electron chi connectivity index (χ3n) is 4.28. The van der Waals surface area contributed by atoms with Gasteiger partial charge in [0.1, 0.15) is 17.3 Å². The largest absolute Gasteiger partial charge is 0.497 e. The molecule has 0 aliphatic heterocycles. The lowest BCUT2D eigenvalue weighted by Crippen LogP contribution is -2.25. The molecule has 1 amide bonds. The van der Waals surface area contributed by atoms with E-state index in [0.29, 0.717) is 23.9 Å². The average molecular weight is 378 g/mol. The molecule has 0 radical (unpaired) electrons. The van der Waals surface area contributed by atoms with Crippen molar-refractivity contribution in [1.82, 2.24) is 10.3 Å². The van der Waals surface area contributed by atoms with Gasteiger partial charge >= 0.3 is 0 Å². The van der Waals surface area contributed by atoms with Crippen molar-refractivity contribution in [3.8, 4) is 17.2 Å². The van der Waals surface area contributed by atoms with Crippen molar-refractivity contribution in [1.29, 1.82) is 0 Å². The van der Waals surface area contributed by atoms with Crippen LogP contribution in [0.2, 0.25) is 0 Å². The lowest BCUT2D eigenvalue weighted by molar-refractivity contribution is -0.128. The highest BCUT2D eigenvalue weighted by molar-refractivity contribution is 5.98. The summed E-state index contributed by atoms with van der Waals surface area (Å²) in [5.74, 6) is 1.25. The third-order valence-corrected chi connectivity index (χ3v) is 4.28. The van der Waals surface area contributed by atoms with Crippen molar-refractivity contribution in [2.24, 2.45) is 0 Å². The number of hydrogen-bond acceptors (Lipinski definition) is 5. The molecule has 6 heteroatoms. The van der Waals surface area contributed by atoms with Crippen molar-refractivity contribution < 1.29 is 18.7 Å². The molecule has 2 aromatic carbocycles. The number of oxazole rings is 1. The van der Waals surface area contributed by atoms with E-state index in [1.807, 2.05) is 54.6 Å². The molecule has 0 atom stereocenters. The first-order chi connectivity index (χ1) is 13.5. The summed E-state index contributed by atoms with van der Waals surface area (Å²) in [6.07, 6.45) is -0.124. The van der Waals surface area contributed by atoms with E-state index in [2.05, 4.69) is 10.3 Å². The summed E-state index contributed by atoms with van der Waals surface area (Å²) in [5, 5.41) is 2.76. The van der Waals surface area contributed by atoms with Gasteiger partial charge in [-0.25, -0.2) is 4.98 Å². The number of rotatable bonds is 8. The first-order valence-electron chi connectivity index (χ1n) is 8.98. The fraction of sp³-hybridized carbons (Fsp3) is 0.227. The Balaban J connectivity index is 1.56. The Kier molecular flexibility index (Phi) is 6.22. The van der Waals surface area contributed by atoms with Gasteiger partial charge in [-0.05, 0) is 36.8 Å². The number of carbonyl (C=O) groups excluding carboxylic acids is 2. The van der Waals surface area contributed by atoms with Crippen LogP contribution in [0.15, 0.2) is 59.0 Å². The predicted octanol–water partition coefficient (Wildman–Crippen LogP) is 3.48. The maximum Gasteiger partial charge on any atom is 0.227 e. The number of ether oxygens (including phenoxy) is 1. The number of amides is 1. The molecule has 0 bridgehead atoms. The van der Waals surface area contributed by atoms with E-state index in [-0.39, 0.29) is 24.5 Å². The van der Waals surface area contributed by atoms with E-state index in [1.165, 1.54) is 0 Å². The molecule has 0 unspecified atom stereocenters. The Bertz CT molecular complexity index is 946. The number of nitrogens with zero attached hydrogens (tertiary/aromatic N) is 1. The van der Waals surface area contributed by atoms with Crippen LogP contribution in [0.1, 0.15) is 23.4 Å². The average Bonchev–Trinajstić information content (AvgIpc) is 3.07. The molecule has 0 aliphatic rings. The summed E-state index contributed by atoms with van der Waals surface area (Å²) in [6, 6.07) is 16.9. The number of nitrogens with one attached hydrogen (secondary N) is 1. The second kappa shape index (κ2) is 8.99. The number of methoxy groups -OCH3 is 1. The van der Waals surface area contributed by atoms with E-state index in [9.17, 15) is 9.59 Å². The smallest absolute Gasteiger partial charge is 0.227 e. The molecule has 0 aliphatic carbocycles. The lowest BCUT2D eigenvalue weighted by atomic mass is 10.1. The van der Waals surface area contributed by atoms with E-state index < -0.39 is 0 Å². The van der Waals surface area contributed by atoms with Crippen LogP contribution in [-0.4, -0.2) is 23.8 Å². The summed E-state index contributed by atoms with van der Waals surface area (Å²) in [7, 11) is 1.60. The molecule has 1 N–H and O–H groups in total. The second-order valence-corrected chi connectivity index (χ2v) is 6.40. The minimum Gasteiger partial charge on any atom is -0.497 e. The van der Waals surface area contributed by atoms with Gasteiger partial charge in [0.25, 0.3) is 0 Å². The molecular weight excluding hydrogens is 356 g/mol. The summed E-state index contributed by atoms with van der Waals surface area (Å²) >= 11 is 0. The topological polar surface area (TPSA) is 81.4 Å². The highest BCUT2D eigenvalue weighted by atomic mass is 16.5. The summed E-state index contributed by atoms with van der Waals surface area (Å²) in [5.41, 5.74) is 2.33. The number of aryl methyl sites for hydroxylation is 1. The van der Waals surface area contributed by atoms with Crippen LogP contribution >= 0.6 is 0 Å². The van der Waals surface area contributed by atoms with Crippen LogP contribution in [-0.2, 0) is 22.6 Å². The standard InChI is InChI=1S/C22H22N2O4/c1-15-20(24-22(28-15)17-8-10-19(27-2)11-9-17)12-18(25)13-21(26)23-14-16-6-4-3-5-7-16/h3-11H,12-14H2,1-2H3,(H,23,26). The number of carbonyl (C=O) groups is 2. The molecule has 1 aromatic heterocycles. The molecule has 28 heavy (non-hydrogen) atoms. The molecule has 144 valence electrons. The lowest BCUT2D eigenvalue weighted by Gasteiger charge is -2.04. The Hall–Kier alpha value is -3.41. The van der Waals surface area contributed by atoms with Crippen LogP contribution in [0.5, 0.6) is 5.75 Å². The number of Topliss-reactive ketones (excluding diaryl/α,β-unsaturated/α-hetero) is 1. The Morgan fingerprint density at radius 3 is 2.46 bits per heavy atom. The van der Waals surface area contributed by atoms with Crippen molar-refractivity contribution in [3.63, 3.8) is 0 Å². The van der Waals surface area contributed by atoms with Gasteiger partial charge in [-0.2, -0.15) is 0 Å². The van der Waals surface area contributed by atoms with Crippen LogP contribution < -0.4 is 10.1 Å². The predicted molar refractivity (Wildman–Crippen MR) is 105 cm³/mol. The maximum absolute atomic E-state index is 12.3. The van der Waals surface area contributed by atoms with Crippen molar-refractivity contribution in [3.05, 3.63) is 71.6 Å². The molecular formula is C22H22N2O4. The molecule has 6 nitrogen and oxygen atoms in total. The van der Waals surface area contributed by atoms with Gasteiger partial charge in [0.05, 0.1) is 25.6 Å². The quantitative estimate of drug-likeness (QED) is 0.607. The van der Waals surface area contributed by atoms with Crippen LogP contribution in [0.3, 0.4) is 0 Å². The van der Waals surface area contributed by atoms with E-state index >= 15 is 0 Å². The maximum atomic E-state index is 12.3. The summed E-state index contributed by atoms with van der Waals surface area (Å²) < 4.78 is 10.8. The number of benzene rings is 2. The number of hydrogen-bond donors (Lipinski definition) is 1. The van der Waals surface area contributed by atoms with Gasteiger partial charge in [-0.3, -0.25) is 9.59 Å². The van der Waals surface area contributed by atoms with Crippen LogP contribution in [0.4, 0.5) is 0 Å². The van der Waals surface area contributed by atoms with Crippen molar-refractivity contribution in [2.75, 3.05) is 7.11 Å². The van der Waals surface area contributed by atoms with E-state index in [0.717, 1.165) is 16.9 Å². The number of ketones is 1. The molecule has 1 heterocycles. The second-order valence-electron chi connectivity index (χ2n) is 6.40. The van der Waals surface area contributed by atoms with Gasteiger partial charge in [-0.1, -0.05) is 30.3 Å². The van der Waals surface area contributed by atoms with E-state index in [4.69, 9.17) is 9.15 Å². The zero-order valence-corrected chi connectivity index (χ0v) is 15.9. The molecule has 0 fully saturated rings. The molecule has 0 saturated carbocycles. The summed E-state index contributed by atoms with van der Waals surface area (Å²) in [6.45, 7) is 2.16. The monoisotopic (exact) mass is 378 g/mol. The highest BCUT2D eigenvalue weighted by Crippen LogP contribution is 2.24. The SMILES string of the molecule is COc1ccc(-c2nc(CC(=O)CC(=O)NCc3ccccc3)c(C)o2)cc1. The normalized spacial score (nSPS) is 10.5. The fourth-order valence-electron chi connectivity index (χ4n) is 2.74. The van der Waals surface area contributed by atoms with E-state index in [1.54, 1.807) is 14.0 Å². The van der Waals surface area contributed by atoms with Crippen molar-refractivity contribution >= 4 is 11.7 Å². The van der Waals surface area contributed by atoms with Gasteiger partial charge < -0.3 is 14.5 Å². The molecule has 3 rings (SSSR count). The zero-order chi connectivity index (χ0) is 19.9. The van der Waals surface area contributed by atoms with Gasteiger partial charge in [0.15, 0.2) is 0 Å². The van der Waals surface area contributed by atoms with Crippen LogP contribution in [0, 0.1) is 6.92 Å². The summed E-state index contributed by atoms with van der Waals surface area (Å²) in [4.78, 5) is 28.7. The van der Waals surface area contributed by atoms with Gasteiger partial charge in [-0.15, -0.1) is 0 Å². The zero-order valence-electron chi connectivity index (χ0n) is 15.9. The third kappa shape index (κ3) is 5.07. The Morgan fingerprint density at radius 1 is 1.07 bits per heavy atom. The fourth-order valence-corrected chi connectivity index (χ4v) is 2.74. The molecule has 3 aromatic rings.